The predicted octanol–water partition coefficient (Wildman–Crippen LogP) is 2.88. The van der Waals surface area contributed by atoms with Gasteiger partial charge in [-0.1, -0.05) is 26.8 Å². The van der Waals surface area contributed by atoms with E-state index < -0.39 is 17.2 Å². The van der Waals surface area contributed by atoms with Crippen LogP contribution in [0.25, 0.3) is 10.9 Å². The molecule has 1 N–H and O–H groups in total. The zero-order valence-electron chi connectivity index (χ0n) is 11.6. The van der Waals surface area contributed by atoms with Crippen LogP contribution in [0.5, 0.6) is 0 Å². The summed E-state index contributed by atoms with van der Waals surface area (Å²) in [5.41, 5.74) is -0.883. The van der Waals surface area contributed by atoms with Crippen molar-refractivity contribution in [1.29, 1.82) is 0 Å². The number of benzene rings is 1. The predicted molar refractivity (Wildman–Crippen MR) is 74.6 cm³/mol. The van der Waals surface area contributed by atoms with E-state index in [1.165, 1.54) is 22.8 Å². The summed E-state index contributed by atoms with van der Waals surface area (Å²) in [7, 11) is 0. The second kappa shape index (κ2) is 4.74. The molecular weight excluding hydrogens is 261 g/mol. The van der Waals surface area contributed by atoms with Crippen molar-refractivity contribution in [2.24, 2.45) is 5.41 Å². The highest BCUT2D eigenvalue weighted by atomic mass is 19.1. The van der Waals surface area contributed by atoms with E-state index in [0.717, 1.165) is 6.07 Å². The molecular formula is C15H16FNO3. The van der Waals surface area contributed by atoms with Crippen molar-refractivity contribution in [3.63, 3.8) is 0 Å². The Bertz CT molecular complexity index is 741. The van der Waals surface area contributed by atoms with E-state index in [1.807, 2.05) is 20.8 Å². The molecule has 0 radical (unpaired) electrons. The number of fused-ring (bicyclic) bond motifs is 1. The summed E-state index contributed by atoms with van der Waals surface area (Å²) < 4.78 is 15.5. The fraction of sp³-hybridized carbons (Fsp3) is 0.333. The number of halogens is 1. The Labute approximate surface area is 115 Å². The molecule has 5 heteroatoms. The van der Waals surface area contributed by atoms with Gasteiger partial charge in [-0.05, 0) is 17.5 Å². The molecule has 0 aliphatic rings. The molecule has 0 amide bonds. The minimum atomic E-state index is -1.24. The van der Waals surface area contributed by atoms with Crippen molar-refractivity contribution in [2.75, 3.05) is 0 Å². The highest BCUT2D eigenvalue weighted by molar-refractivity contribution is 5.90. The molecule has 0 saturated carbocycles. The van der Waals surface area contributed by atoms with Crippen LogP contribution in [0, 0.1) is 11.2 Å². The van der Waals surface area contributed by atoms with Gasteiger partial charge in [0.2, 0.25) is 0 Å². The molecule has 4 nitrogen and oxygen atoms in total. The number of aromatic nitrogens is 1. The summed E-state index contributed by atoms with van der Waals surface area (Å²) in [4.78, 5) is 23.3. The average Bonchev–Trinajstić information content (AvgIpc) is 2.30. The first-order valence-electron chi connectivity index (χ1n) is 6.26. The third kappa shape index (κ3) is 2.57. The molecule has 0 aliphatic carbocycles. The van der Waals surface area contributed by atoms with Gasteiger partial charge < -0.3 is 9.67 Å². The quantitative estimate of drug-likeness (QED) is 0.918. The van der Waals surface area contributed by atoms with Crippen molar-refractivity contribution in [1.82, 2.24) is 4.57 Å². The fourth-order valence-corrected chi connectivity index (χ4v) is 2.20. The molecule has 2 rings (SSSR count). The topological polar surface area (TPSA) is 59.3 Å². The molecule has 0 bridgehead atoms. The molecule has 1 aromatic carbocycles. The summed E-state index contributed by atoms with van der Waals surface area (Å²) >= 11 is 0. The zero-order valence-corrected chi connectivity index (χ0v) is 11.6. The Balaban J connectivity index is 2.92. The van der Waals surface area contributed by atoms with Crippen LogP contribution in [0.15, 0.2) is 29.1 Å². The van der Waals surface area contributed by atoms with Crippen LogP contribution in [0.2, 0.25) is 0 Å². The van der Waals surface area contributed by atoms with Crippen molar-refractivity contribution >= 4 is 16.9 Å². The molecule has 1 heterocycles. The van der Waals surface area contributed by atoms with Crippen LogP contribution in [0.4, 0.5) is 4.39 Å². The number of nitrogens with zero attached hydrogens (tertiary/aromatic N) is 1. The second-order valence-corrected chi connectivity index (χ2v) is 5.98. The molecule has 106 valence electrons. The minimum absolute atomic E-state index is 0.0484. The number of pyridine rings is 1. The van der Waals surface area contributed by atoms with Crippen LogP contribution in [-0.4, -0.2) is 15.6 Å². The number of carboxylic acids is 1. The van der Waals surface area contributed by atoms with Gasteiger partial charge in [0.25, 0.3) is 0 Å². The molecule has 0 unspecified atom stereocenters. The Morgan fingerprint density at radius 3 is 2.55 bits per heavy atom. The van der Waals surface area contributed by atoms with Crippen LogP contribution >= 0.6 is 0 Å². The van der Waals surface area contributed by atoms with E-state index in [1.54, 1.807) is 0 Å². The molecule has 0 atom stereocenters. The lowest BCUT2D eigenvalue weighted by Crippen LogP contribution is -2.24. The zero-order chi connectivity index (χ0) is 15.1. The van der Waals surface area contributed by atoms with Crippen molar-refractivity contribution in [2.45, 2.75) is 27.3 Å². The van der Waals surface area contributed by atoms with Gasteiger partial charge >= 0.3 is 5.97 Å². The highest BCUT2D eigenvalue weighted by Gasteiger charge is 2.21. The van der Waals surface area contributed by atoms with E-state index in [0.29, 0.717) is 6.54 Å². The summed E-state index contributed by atoms with van der Waals surface area (Å²) in [6, 6.07) is 5.23. The maximum Gasteiger partial charge on any atom is 0.352 e. The first-order chi connectivity index (χ1) is 9.20. The summed E-state index contributed by atoms with van der Waals surface area (Å²) in [5.74, 6) is -1.83. The maximum atomic E-state index is 14.1. The number of carboxylic acid groups (broad SMARTS) is 1. The molecule has 2 aromatic rings. The van der Waals surface area contributed by atoms with Gasteiger partial charge in [-0.2, -0.15) is 0 Å². The van der Waals surface area contributed by atoms with Gasteiger partial charge in [0.15, 0.2) is 5.43 Å². The third-order valence-corrected chi connectivity index (χ3v) is 2.93. The Morgan fingerprint density at radius 2 is 2.00 bits per heavy atom. The van der Waals surface area contributed by atoms with Crippen LogP contribution in [0.3, 0.4) is 0 Å². The Hall–Kier alpha value is -2.17. The first-order valence-corrected chi connectivity index (χ1v) is 6.26. The van der Waals surface area contributed by atoms with Crippen LogP contribution in [-0.2, 0) is 6.54 Å². The van der Waals surface area contributed by atoms with Crippen molar-refractivity contribution in [3.05, 3.63) is 46.0 Å². The molecule has 0 spiro atoms. The smallest absolute Gasteiger partial charge is 0.352 e. The van der Waals surface area contributed by atoms with Crippen molar-refractivity contribution < 1.29 is 14.3 Å². The highest BCUT2D eigenvalue weighted by Crippen LogP contribution is 2.23. The van der Waals surface area contributed by atoms with Crippen LogP contribution < -0.4 is 5.43 Å². The van der Waals surface area contributed by atoms with E-state index in [9.17, 15) is 19.1 Å². The molecule has 0 aliphatic heterocycles. The SMILES string of the molecule is CC(C)(C)Cn1c(C(=O)O)cc(=O)c2cccc(F)c21. The molecule has 1 aromatic heterocycles. The van der Waals surface area contributed by atoms with E-state index >= 15 is 0 Å². The normalized spacial score (nSPS) is 11.8. The molecule has 0 fully saturated rings. The maximum absolute atomic E-state index is 14.1. The van der Waals surface area contributed by atoms with Gasteiger partial charge in [-0.25, -0.2) is 9.18 Å². The molecule has 20 heavy (non-hydrogen) atoms. The van der Waals surface area contributed by atoms with E-state index in [2.05, 4.69) is 0 Å². The number of para-hydroxylation sites is 1. The van der Waals surface area contributed by atoms with E-state index in [4.69, 9.17) is 0 Å². The van der Waals surface area contributed by atoms with Gasteiger partial charge in [-0.3, -0.25) is 4.79 Å². The number of hydrogen-bond donors (Lipinski definition) is 1. The van der Waals surface area contributed by atoms with Crippen LogP contribution in [0.1, 0.15) is 31.3 Å². The Morgan fingerprint density at radius 1 is 1.35 bits per heavy atom. The van der Waals surface area contributed by atoms with E-state index in [-0.39, 0.29) is 22.0 Å². The lowest BCUT2D eigenvalue weighted by Gasteiger charge is -2.24. The summed E-state index contributed by atoms with van der Waals surface area (Å²) in [6.07, 6.45) is 0. The van der Waals surface area contributed by atoms with Crippen molar-refractivity contribution in [3.8, 4) is 0 Å². The number of rotatable bonds is 2. The van der Waals surface area contributed by atoms with Gasteiger partial charge in [0, 0.05) is 18.0 Å². The number of carbonyl (C=O) groups is 1. The summed E-state index contributed by atoms with van der Waals surface area (Å²) in [5, 5.41) is 9.45. The largest absolute Gasteiger partial charge is 0.477 e. The standard InChI is InChI=1S/C15H16FNO3/c1-15(2,3)8-17-11(14(19)20)7-12(18)9-5-4-6-10(16)13(9)17/h4-7H,8H2,1-3H3,(H,19,20). The Kier molecular flexibility index (Phi) is 3.38. The lowest BCUT2D eigenvalue weighted by molar-refractivity contribution is 0.0682. The summed E-state index contributed by atoms with van der Waals surface area (Å²) in [6.45, 7) is 6.06. The second-order valence-electron chi connectivity index (χ2n) is 5.98. The molecule has 0 saturated heterocycles. The van der Waals surface area contributed by atoms with Gasteiger partial charge in [-0.15, -0.1) is 0 Å². The minimum Gasteiger partial charge on any atom is -0.477 e. The monoisotopic (exact) mass is 277 g/mol. The van der Waals surface area contributed by atoms with Gasteiger partial charge in [0.05, 0.1) is 5.52 Å². The number of aromatic carboxylic acids is 1. The first kappa shape index (κ1) is 14.2. The lowest BCUT2D eigenvalue weighted by atomic mass is 9.96. The third-order valence-electron chi connectivity index (χ3n) is 2.93. The fourth-order valence-electron chi connectivity index (χ4n) is 2.20. The van der Waals surface area contributed by atoms with Gasteiger partial charge in [0.1, 0.15) is 11.5 Å². The number of hydrogen-bond acceptors (Lipinski definition) is 2. The average molecular weight is 277 g/mol.